The monoisotopic (exact) mass is 303 g/mol. The third-order valence-corrected chi connectivity index (χ3v) is 3.89. The van der Waals surface area contributed by atoms with Crippen molar-refractivity contribution in [2.45, 2.75) is 31.4 Å². The number of rotatable bonds is 5. The zero-order chi connectivity index (χ0) is 14.0. The van der Waals surface area contributed by atoms with Crippen LogP contribution in [0.3, 0.4) is 0 Å². The molecule has 1 aliphatic rings. The van der Waals surface area contributed by atoms with Crippen molar-refractivity contribution >= 4 is 12.4 Å². The number of aliphatic hydroxyl groups excluding tert-OH is 1. The zero-order valence-electron chi connectivity index (χ0n) is 11.7. The molecule has 1 fully saturated rings. The van der Waals surface area contributed by atoms with Gasteiger partial charge in [0.05, 0.1) is 26.4 Å². The number of hydrogen-bond donors (Lipinski definition) is 3. The standard InChI is InChI=1S/C14H21NO4.ClH/c1-18-10-6-9(7-11(19-2)14(10)17)12(15)13(16)8-4-3-5-8;/h6-8,12-13,16-17H,3-5,15H2,1-2H3;1H/t12-,13+;/m0./s1. The van der Waals surface area contributed by atoms with E-state index in [1.165, 1.54) is 14.2 Å². The molecule has 0 aliphatic heterocycles. The van der Waals surface area contributed by atoms with Crippen molar-refractivity contribution in [3.05, 3.63) is 17.7 Å². The van der Waals surface area contributed by atoms with Crippen molar-refractivity contribution < 1.29 is 19.7 Å². The minimum atomic E-state index is -0.576. The maximum atomic E-state index is 10.2. The average molecular weight is 304 g/mol. The predicted molar refractivity (Wildman–Crippen MR) is 78.7 cm³/mol. The van der Waals surface area contributed by atoms with Crippen molar-refractivity contribution in [1.82, 2.24) is 0 Å². The van der Waals surface area contributed by atoms with Crippen LogP contribution in [0.15, 0.2) is 12.1 Å². The van der Waals surface area contributed by atoms with E-state index >= 15 is 0 Å². The molecule has 0 bridgehead atoms. The summed E-state index contributed by atoms with van der Waals surface area (Å²) in [5.74, 6) is 0.802. The van der Waals surface area contributed by atoms with Crippen LogP contribution >= 0.6 is 12.4 Å². The summed E-state index contributed by atoms with van der Waals surface area (Å²) < 4.78 is 10.2. The molecule has 0 heterocycles. The molecule has 0 radical (unpaired) electrons. The van der Waals surface area contributed by atoms with Crippen molar-refractivity contribution in [3.63, 3.8) is 0 Å². The fourth-order valence-corrected chi connectivity index (χ4v) is 2.38. The number of methoxy groups -OCH3 is 2. The number of phenols is 1. The van der Waals surface area contributed by atoms with Crippen molar-refractivity contribution in [3.8, 4) is 17.2 Å². The Morgan fingerprint density at radius 3 is 2.05 bits per heavy atom. The second kappa shape index (κ2) is 7.02. The Labute approximate surface area is 125 Å². The Hall–Kier alpha value is -1.17. The summed E-state index contributed by atoms with van der Waals surface area (Å²) in [6.07, 6.45) is 2.60. The smallest absolute Gasteiger partial charge is 0.200 e. The van der Waals surface area contributed by atoms with Crippen LogP contribution in [-0.4, -0.2) is 30.5 Å². The lowest BCUT2D eigenvalue weighted by atomic mass is 9.77. The Balaban J connectivity index is 0.00000200. The molecule has 1 saturated carbocycles. The lowest BCUT2D eigenvalue weighted by Crippen LogP contribution is -2.36. The van der Waals surface area contributed by atoms with Crippen LogP contribution < -0.4 is 15.2 Å². The number of hydrogen-bond acceptors (Lipinski definition) is 5. The number of halogens is 1. The highest BCUT2D eigenvalue weighted by molar-refractivity contribution is 5.85. The fraction of sp³-hybridized carbons (Fsp3) is 0.571. The van der Waals surface area contributed by atoms with Crippen molar-refractivity contribution in [2.24, 2.45) is 11.7 Å². The van der Waals surface area contributed by atoms with E-state index in [-0.39, 0.29) is 24.1 Å². The van der Waals surface area contributed by atoms with Gasteiger partial charge < -0.3 is 25.4 Å². The van der Waals surface area contributed by atoms with E-state index in [4.69, 9.17) is 15.2 Å². The summed E-state index contributed by atoms with van der Waals surface area (Å²) in [6, 6.07) is 2.78. The minimum Gasteiger partial charge on any atom is -0.502 e. The molecule has 2 atom stereocenters. The van der Waals surface area contributed by atoms with Crippen LogP contribution in [0, 0.1) is 5.92 Å². The molecule has 0 saturated heterocycles. The van der Waals surface area contributed by atoms with Crippen LogP contribution in [0.5, 0.6) is 17.2 Å². The first-order chi connectivity index (χ1) is 9.08. The summed E-state index contributed by atoms with van der Waals surface area (Å²) in [7, 11) is 2.93. The molecule has 114 valence electrons. The quantitative estimate of drug-likeness (QED) is 0.774. The summed E-state index contributed by atoms with van der Waals surface area (Å²) in [5.41, 5.74) is 6.80. The number of aromatic hydroxyl groups is 1. The van der Waals surface area contributed by atoms with Crippen LogP contribution in [0.25, 0.3) is 0 Å². The molecule has 0 aromatic heterocycles. The van der Waals surface area contributed by atoms with Gasteiger partial charge in [-0.15, -0.1) is 12.4 Å². The number of ether oxygens (including phenoxy) is 2. The molecule has 1 aromatic rings. The van der Waals surface area contributed by atoms with Gasteiger partial charge in [-0.2, -0.15) is 0 Å². The van der Waals surface area contributed by atoms with Gasteiger partial charge in [0.2, 0.25) is 5.75 Å². The summed E-state index contributed by atoms with van der Waals surface area (Å²) in [4.78, 5) is 0. The second-order valence-corrected chi connectivity index (χ2v) is 4.98. The third-order valence-electron chi connectivity index (χ3n) is 3.89. The SMILES string of the molecule is COc1cc([C@H](N)[C@H](O)C2CCC2)cc(OC)c1O.Cl. The van der Waals surface area contributed by atoms with E-state index in [2.05, 4.69) is 0 Å². The van der Waals surface area contributed by atoms with Gasteiger partial charge in [0.15, 0.2) is 11.5 Å². The molecule has 20 heavy (non-hydrogen) atoms. The predicted octanol–water partition coefficient (Wildman–Crippen LogP) is 1.99. The summed E-state index contributed by atoms with van der Waals surface area (Å²) in [6.45, 7) is 0. The minimum absolute atomic E-state index is 0. The van der Waals surface area contributed by atoms with Gasteiger partial charge in [-0.25, -0.2) is 0 Å². The lowest BCUT2D eigenvalue weighted by Gasteiger charge is -2.34. The second-order valence-electron chi connectivity index (χ2n) is 4.98. The number of phenolic OH excluding ortho intramolecular Hbond substituents is 1. The Morgan fingerprint density at radius 2 is 1.70 bits per heavy atom. The van der Waals surface area contributed by atoms with Gasteiger partial charge in [-0.05, 0) is 36.5 Å². The van der Waals surface area contributed by atoms with Crippen LogP contribution in [-0.2, 0) is 0 Å². The molecule has 0 amide bonds. The maximum absolute atomic E-state index is 10.2. The van der Waals surface area contributed by atoms with Crippen LogP contribution in [0.1, 0.15) is 30.9 Å². The normalized spacial score (nSPS) is 17.6. The van der Waals surface area contributed by atoms with E-state index < -0.39 is 12.1 Å². The van der Waals surface area contributed by atoms with E-state index in [9.17, 15) is 10.2 Å². The summed E-state index contributed by atoms with van der Waals surface area (Å²) >= 11 is 0. The van der Waals surface area contributed by atoms with Crippen molar-refractivity contribution in [2.75, 3.05) is 14.2 Å². The zero-order valence-corrected chi connectivity index (χ0v) is 12.5. The highest BCUT2D eigenvalue weighted by Crippen LogP contribution is 2.41. The topological polar surface area (TPSA) is 84.9 Å². The van der Waals surface area contributed by atoms with E-state index in [1.807, 2.05) is 0 Å². The van der Waals surface area contributed by atoms with Gasteiger partial charge in [0, 0.05) is 0 Å². The largest absolute Gasteiger partial charge is 0.502 e. The van der Waals surface area contributed by atoms with Gasteiger partial charge in [-0.3, -0.25) is 0 Å². The van der Waals surface area contributed by atoms with Gasteiger partial charge in [0.25, 0.3) is 0 Å². The van der Waals surface area contributed by atoms with E-state index in [0.29, 0.717) is 17.1 Å². The average Bonchev–Trinajstić information content (AvgIpc) is 2.36. The van der Waals surface area contributed by atoms with Crippen LogP contribution in [0.2, 0.25) is 0 Å². The van der Waals surface area contributed by atoms with Gasteiger partial charge in [-0.1, -0.05) is 6.42 Å². The Bertz CT molecular complexity index is 426. The first kappa shape index (κ1) is 16.9. The van der Waals surface area contributed by atoms with Crippen LogP contribution in [0.4, 0.5) is 0 Å². The van der Waals surface area contributed by atoms with Gasteiger partial charge in [0.1, 0.15) is 0 Å². The number of aliphatic hydroxyl groups is 1. The van der Waals surface area contributed by atoms with E-state index in [0.717, 1.165) is 19.3 Å². The highest BCUT2D eigenvalue weighted by Gasteiger charge is 2.31. The third kappa shape index (κ3) is 3.11. The molecule has 6 heteroatoms. The first-order valence-electron chi connectivity index (χ1n) is 6.47. The van der Waals surface area contributed by atoms with Gasteiger partial charge >= 0.3 is 0 Å². The molecule has 1 aromatic carbocycles. The van der Waals surface area contributed by atoms with Crippen molar-refractivity contribution in [1.29, 1.82) is 0 Å². The molecule has 4 N–H and O–H groups in total. The maximum Gasteiger partial charge on any atom is 0.200 e. The number of nitrogens with two attached hydrogens (primary N) is 1. The molecular weight excluding hydrogens is 282 g/mol. The molecular formula is C14H22ClNO4. The highest BCUT2D eigenvalue weighted by atomic mass is 35.5. The Morgan fingerprint density at radius 1 is 1.20 bits per heavy atom. The fourth-order valence-electron chi connectivity index (χ4n) is 2.38. The molecule has 0 unspecified atom stereocenters. The molecule has 5 nitrogen and oxygen atoms in total. The summed E-state index contributed by atoms with van der Waals surface area (Å²) in [5, 5.41) is 20.1. The molecule has 0 spiro atoms. The van der Waals surface area contributed by atoms with E-state index in [1.54, 1.807) is 12.1 Å². The Kier molecular flexibility index (Phi) is 5.92. The molecule has 2 rings (SSSR count). The first-order valence-corrected chi connectivity index (χ1v) is 6.47. The number of benzene rings is 1. The molecule has 1 aliphatic carbocycles. The lowest BCUT2D eigenvalue weighted by molar-refractivity contribution is 0.0412.